The minimum absolute atomic E-state index is 0.0324. The second-order valence-electron chi connectivity index (χ2n) is 6.90. The van der Waals surface area contributed by atoms with Gasteiger partial charge in [0.1, 0.15) is 4.83 Å². The number of aromatic nitrogens is 2. The molecule has 1 amide bonds. The average molecular weight is 463 g/mol. The third-order valence-corrected chi connectivity index (χ3v) is 6.88. The van der Waals surface area contributed by atoms with Gasteiger partial charge in [-0.25, -0.2) is 4.98 Å². The summed E-state index contributed by atoms with van der Waals surface area (Å²) in [5, 5.41) is 14.7. The van der Waals surface area contributed by atoms with Gasteiger partial charge in [0, 0.05) is 29.8 Å². The lowest BCUT2D eigenvalue weighted by Crippen LogP contribution is -2.26. The van der Waals surface area contributed by atoms with E-state index in [2.05, 4.69) is 10.3 Å². The van der Waals surface area contributed by atoms with Gasteiger partial charge >= 0.3 is 0 Å². The number of nitrogens with one attached hydrogen (secondary N) is 1. The van der Waals surface area contributed by atoms with E-state index in [1.54, 1.807) is 18.6 Å². The first-order valence-electron chi connectivity index (χ1n) is 9.40. The molecule has 0 spiro atoms. The fourth-order valence-electron chi connectivity index (χ4n) is 3.02. The monoisotopic (exact) mass is 462 g/mol. The first kappa shape index (κ1) is 22.9. The number of thiophene rings is 1. The molecule has 1 aromatic carbocycles. The number of aryl methyl sites for hydroxylation is 3. The van der Waals surface area contributed by atoms with Crippen LogP contribution in [0, 0.1) is 30.9 Å². The van der Waals surface area contributed by atoms with Crippen LogP contribution in [0.15, 0.2) is 28.2 Å². The number of nitrogens with zero attached hydrogens (tertiary/aromatic N) is 3. The number of fused-ring (bicyclic) bond motifs is 1. The van der Waals surface area contributed by atoms with Gasteiger partial charge in [0.25, 0.3) is 11.2 Å². The fourth-order valence-corrected chi connectivity index (χ4v) is 4.91. The van der Waals surface area contributed by atoms with Crippen LogP contribution in [0.25, 0.3) is 10.2 Å². The fraction of sp³-hybridized carbons (Fsp3) is 0.350. The van der Waals surface area contributed by atoms with Crippen molar-refractivity contribution in [2.24, 2.45) is 0 Å². The number of thioether (sulfide) groups is 1. The first-order chi connectivity index (χ1) is 14.7. The molecule has 0 atom stereocenters. The van der Waals surface area contributed by atoms with Crippen molar-refractivity contribution in [2.45, 2.75) is 32.5 Å². The molecule has 0 aliphatic heterocycles. The molecule has 0 bridgehead atoms. The van der Waals surface area contributed by atoms with Crippen LogP contribution in [0.3, 0.4) is 0 Å². The molecule has 9 nitrogen and oxygen atoms in total. The van der Waals surface area contributed by atoms with Gasteiger partial charge in [-0.15, -0.1) is 11.3 Å². The van der Waals surface area contributed by atoms with Crippen LogP contribution in [0.4, 0.5) is 11.4 Å². The predicted molar refractivity (Wildman–Crippen MR) is 122 cm³/mol. The van der Waals surface area contributed by atoms with Crippen molar-refractivity contribution in [3.63, 3.8) is 0 Å². The molecule has 0 saturated carbocycles. The Morgan fingerprint density at radius 3 is 2.74 bits per heavy atom. The Bertz CT molecular complexity index is 1220. The normalized spacial score (nSPS) is 11.1. The summed E-state index contributed by atoms with van der Waals surface area (Å²) < 4.78 is 6.67. The minimum atomic E-state index is -0.483. The van der Waals surface area contributed by atoms with Gasteiger partial charge in [-0.2, -0.15) is 0 Å². The van der Waals surface area contributed by atoms with Crippen molar-refractivity contribution in [2.75, 3.05) is 24.8 Å². The highest BCUT2D eigenvalue weighted by molar-refractivity contribution is 7.99. The van der Waals surface area contributed by atoms with Crippen LogP contribution >= 0.6 is 23.1 Å². The van der Waals surface area contributed by atoms with Gasteiger partial charge in [-0.1, -0.05) is 11.8 Å². The van der Waals surface area contributed by atoms with Crippen molar-refractivity contribution in [3.05, 3.63) is 54.7 Å². The number of hydrogen-bond donors (Lipinski definition) is 1. The lowest BCUT2D eigenvalue weighted by molar-refractivity contribution is -0.384. The van der Waals surface area contributed by atoms with Gasteiger partial charge in [0.2, 0.25) is 5.91 Å². The van der Waals surface area contributed by atoms with Crippen molar-refractivity contribution >= 4 is 50.6 Å². The highest BCUT2D eigenvalue weighted by Crippen LogP contribution is 2.28. The van der Waals surface area contributed by atoms with Gasteiger partial charge in [-0.05, 0) is 38.0 Å². The van der Waals surface area contributed by atoms with Crippen molar-refractivity contribution < 1.29 is 14.5 Å². The molecule has 0 aliphatic carbocycles. The molecule has 164 valence electrons. The lowest BCUT2D eigenvalue weighted by atomic mass is 10.2. The average Bonchev–Trinajstić information content (AvgIpc) is 3.01. The van der Waals surface area contributed by atoms with Crippen LogP contribution in [-0.4, -0.2) is 39.9 Å². The summed E-state index contributed by atoms with van der Waals surface area (Å²) in [5.41, 5.74) is 1.84. The van der Waals surface area contributed by atoms with E-state index in [0.29, 0.717) is 39.8 Å². The number of nitro groups is 1. The number of hydrogen-bond acceptors (Lipinski definition) is 8. The molecule has 0 saturated heterocycles. The molecule has 2 heterocycles. The molecule has 2 aromatic heterocycles. The maximum atomic E-state index is 13.1. The summed E-state index contributed by atoms with van der Waals surface area (Å²) in [5.74, 6) is -0.266. The number of carbonyl (C=O) groups is 1. The summed E-state index contributed by atoms with van der Waals surface area (Å²) in [4.78, 5) is 42.3. The number of ether oxygens (including phenoxy) is 1. The zero-order chi connectivity index (χ0) is 22.7. The van der Waals surface area contributed by atoms with Gasteiger partial charge in [0.15, 0.2) is 5.16 Å². The standard InChI is InChI=1S/C20H22N4O5S2/c1-11-9-14(24(27)28)5-6-15(11)21-16(25)10-30-20-22-18-17(12(2)13(3)31-18)19(26)23(20)7-8-29-4/h5-6,9H,7-8,10H2,1-4H3,(H,21,25). The molecule has 3 aromatic rings. The Labute approximate surface area is 186 Å². The Hall–Kier alpha value is -2.76. The third kappa shape index (κ3) is 4.94. The second-order valence-corrected chi connectivity index (χ2v) is 9.05. The number of benzene rings is 1. The lowest BCUT2D eigenvalue weighted by Gasteiger charge is -2.12. The number of rotatable bonds is 8. The molecule has 0 aliphatic rings. The largest absolute Gasteiger partial charge is 0.383 e. The number of non-ortho nitro benzene ring substituents is 1. The Balaban J connectivity index is 1.82. The minimum Gasteiger partial charge on any atom is -0.383 e. The summed E-state index contributed by atoms with van der Waals surface area (Å²) >= 11 is 2.62. The Morgan fingerprint density at radius 2 is 2.10 bits per heavy atom. The molecule has 0 unspecified atom stereocenters. The quantitative estimate of drug-likeness (QED) is 0.235. The molecule has 31 heavy (non-hydrogen) atoms. The number of methoxy groups -OCH3 is 1. The van der Waals surface area contributed by atoms with Crippen LogP contribution in [-0.2, 0) is 16.1 Å². The molecule has 0 fully saturated rings. The summed E-state index contributed by atoms with van der Waals surface area (Å²) in [6.07, 6.45) is 0. The predicted octanol–water partition coefficient (Wildman–Crippen LogP) is 3.67. The number of nitro benzene ring substituents is 1. The zero-order valence-electron chi connectivity index (χ0n) is 17.6. The SMILES string of the molecule is COCCn1c(SCC(=O)Nc2ccc([N+](=O)[O-])cc2C)nc2sc(C)c(C)c2c1=O. The van der Waals surface area contributed by atoms with E-state index < -0.39 is 4.92 Å². The van der Waals surface area contributed by atoms with E-state index in [4.69, 9.17) is 4.74 Å². The molecule has 0 radical (unpaired) electrons. The molecule has 1 N–H and O–H groups in total. The second kappa shape index (κ2) is 9.58. The van der Waals surface area contributed by atoms with E-state index in [0.717, 1.165) is 10.4 Å². The van der Waals surface area contributed by atoms with Crippen LogP contribution in [0.5, 0.6) is 0 Å². The first-order valence-corrected chi connectivity index (χ1v) is 11.2. The number of anilines is 1. The maximum absolute atomic E-state index is 13.1. The van der Waals surface area contributed by atoms with E-state index in [-0.39, 0.29) is 22.9 Å². The van der Waals surface area contributed by atoms with Crippen LogP contribution in [0.2, 0.25) is 0 Å². The van der Waals surface area contributed by atoms with Crippen molar-refractivity contribution in [1.29, 1.82) is 0 Å². The smallest absolute Gasteiger partial charge is 0.269 e. The molecular weight excluding hydrogens is 440 g/mol. The van der Waals surface area contributed by atoms with E-state index in [1.807, 2.05) is 13.8 Å². The zero-order valence-corrected chi connectivity index (χ0v) is 19.2. The summed E-state index contributed by atoms with van der Waals surface area (Å²) in [6, 6.07) is 4.25. The molecule has 11 heteroatoms. The Kier molecular flexibility index (Phi) is 7.08. The van der Waals surface area contributed by atoms with Crippen molar-refractivity contribution in [1.82, 2.24) is 9.55 Å². The summed E-state index contributed by atoms with van der Waals surface area (Å²) in [7, 11) is 1.56. The molecular formula is C20H22N4O5S2. The van der Waals surface area contributed by atoms with E-state index in [1.165, 1.54) is 41.3 Å². The van der Waals surface area contributed by atoms with E-state index in [9.17, 15) is 19.7 Å². The third-order valence-electron chi connectivity index (χ3n) is 4.80. The molecule has 3 rings (SSSR count). The van der Waals surface area contributed by atoms with E-state index >= 15 is 0 Å². The summed E-state index contributed by atoms with van der Waals surface area (Å²) in [6.45, 7) is 6.22. The van der Waals surface area contributed by atoms with Crippen molar-refractivity contribution in [3.8, 4) is 0 Å². The van der Waals surface area contributed by atoms with Gasteiger partial charge < -0.3 is 10.1 Å². The van der Waals surface area contributed by atoms with Gasteiger partial charge in [-0.3, -0.25) is 24.3 Å². The van der Waals surface area contributed by atoms with Crippen LogP contribution < -0.4 is 10.9 Å². The van der Waals surface area contributed by atoms with Gasteiger partial charge in [0.05, 0.1) is 29.2 Å². The Morgan fingerprint density at radius 1 is 1.35 bits per heavy atom. The highest BCUT2D eigenvalue weighted by atomic mass is 32.2. The van der Waals surface area contributed by atoms with Crippen LogP contribution in [0.1, 0.15) is 16.0 Å². The maximum Gasteiger partial charge on any atom is 0.269 e. The number of amides is 1. The highest BCUT2D eigenvalue weighted by Gasteiger charge is 2.18. The topological polar surface area (TPSA) is 116 Å². The number of carbonyl (C=O) groups excluding carboxylic acids is 1.